The van der Waals surface area contributed by atoms with E-state index in [9.17, 15) is 18.0 Å². The fourth-order valence-corrected chi connectivity index (χ4v) is 2.99. The molecule has 0 saturated heterocycles. The van der Waals surface area contributed by atoms with E-state index in [2.05, 4.69) is 4.98 Å². The molecular formula is C18H19Cl2F3N2O3. The number of aromatic nitrogens is 2. The van der Waals surface area contributed by atoms with Crippen molar-refractivity contribution in [1.82, 2.24) is 9.55 Å². The third-order valence-electron chi connectivity index (χ3n) is 3.93. The van der Waals surface area contributed by atoms with E-state index in [-0.39, 0.29) is 11.6 Å². The second kappa shape index (κ2) is 8.21. The average Bonchev–Trinajstić information content (AvgIpc) is 3.14. The van der Waals surface area contributed by atoms with Crippen molar-refractivity contribution in [2.75, 3.05) is 5.88 Å². The van der Waals surface area contributed by atoms with Crippen LogP contribution in [0.3, 0.4) is 0 Å². The maximum atomic E-state index is 13.1. The topological polar surface area (TPSA) is 53.4 Å². The molecule has 1 aromatic heterocycles. The second-order valence-electron chi connectivity index (χ2n) is 6.81. The van der Waals surface area contributed by atoms with Crippen LogP contribution in [0.4, 0.5) is 13.2 Å². The molecule has 1 aromatic carbocycles. The Bertz CT molecular complexity index is 813. The van der Waals surface area contributed by atoms with Crippen LogP contribution in [-0.2, 0) is 21.6 Å². The Labute approximate surface area is 170 Å². The van der Waals surface area contributed by atoms with Crippen LogP contribution in [0.1, 0.15) is 26.3 Å². The number of carbonyl (C=O) groups is 1. The average molecular weight is 439 g/mol. The first-order valence-electron chi connectivity index (χ1n) is 8.17. The fraction of sp³-hybridized carbons (Fsp3) is 0.444. The summed E-state index contributed by atoms with van der Waals surface area (Å²) in [6.07, 6.45) is -0.466. The van der Waals surface area contributed by atoms with E-state index in [0.717, 1.165) is 19.1 Å². The van der Waals surface area contributed by atoms with Gasteiger partial charge >= 0.3 is 18.1 Å². The van der Waals surface area contributed by atoms with Gasteiger partial charge in [0.1, 0.15) is 17.5 Å². The minimum atomic E-state index is -4.58. The van der Waals surface area contributed by atoms with Gasteiger partial charge in [-0.2, -0.15) is 13.2 Å². The summed E-state index contributed by atoms with van der Waals surface area (Å²) in [6.45, 7) is 4.56. The number of hydrogen-bond donors (Lipinski definition) is 0. The molecule has 0 N–H and O–H groups in total. The van der Waals surface area contributed by atoms with Gasteiger partial charge in [0.15, 0.2) is 0 Å². The molecule has 0 fully saturated rings. The SMILES string of the molecule is CC(=O)OC(Oc1cccc(C(F)(F)F)c1)(C(Cl)C(C)(C)CCl)n1ccnc1. The first-order chi connectivity index (χ1) is 12.9. The van der Waals surface area contributed by atoms with E-state index in [1.54, 1.807) is 13.8 Å². The van der Waals surface area contributed by atoms with Gasteiger partial charge in [-0.3, -0.25) is 9.36 Å². The molecule has 0 aliphatic heterocycles. The Kier molecular flexibility index (Phi) is 6.55. The lowest BCUT2D eigenvalue weighted by Gasteiger charge is -2.42. The summed E-state index contributed by atoms with van der Waals surface area (Å²) in [5.41, 5.74) is -1.76. The number of rotatable bonds is 7. The zero-order valence-electron chi connectivity index (χ0n) is 15.3. The van der Waals surface area contributed by atoms with E-state index in [1.807, 2.05) is 0 Å². The molecule has 2 atom stereocenters. The van der Waals surface area contributed by atoms with Crippen molar-refractivity contribution < 1.29 is 27.4 Å². The highest BCUT2D eigenvalue weighted by atomic mass is 35.5. The lowest BCUT2D eigenvalue weighted by Crippen LogP contribution is -2.56. The highest BCUT2D eigenvalue weighted by molar-refractivity contribution is 6.23. The summed E-state index contributed by atoms with van der Waals surface area (Å²) < 4.78 is 51.8. The summed E-state index contributed by atoms with van der Waals surface area (Å²) in [7, 11) is 0. The van der Waals surface area contributed by atoms with Crippen molar-refractivity contribution in [3.63, 3.8) is 0 Å². The normalized spacial score (nSPS) is 15.6. The van der Waals surface area contributed by atoms with Crippen molar-refractivity contribution in [3.05, 3.63) is 48.5 Å². The molecule has 28 heavy (non-hydrogen) atoms. The third-order valence-corrected chi connectivity index (χ3v) is 5.49. The molecule has 0 radical (unpaired) electrons. The Morgan fingerprint density at radius 1 is 1.32 bits per heavy atom. The Morgan fingerprint density at radius 2 is 2.00 bits per heavy atom. The van der Waals surface area contributed by atoms with Gasteiger partial charge in [-0.05, 0) is 18.2 Å². The predicted octanol–water partition coefficient (Wildman–Crippen LogP) is 5.03. The number of esters is 1. The van der Waals surface area contributed by atoms with Crippen LogP contribution in [0.2, 0.25) is 0 Å². The number of ether oxygens (including phenoxy) is 2. The molecule has 10 heteroatoms. The molecule has 2 rings (SSSR count). The highest BCUT2D eigenvalue weighted by Crippen LogP contribution is 2.42. The monoisotopic (exact) mass is 438 g/mol. The summed E-state index contributed by atoms with van der Waals surface area (Å²) in [5.74, 6) is -2.91. The molecule has 0 bridgehead atoms. The predicted molar refractivity (Wildman–Crippen MR) is 98.2 cm³/mol. The molecule has 2 aromatic rings. The van der Waals surface area contributed by atoms with E-state index >= 15 is 0 Å². The van der Waals surface area contributed by atoms with Crippen LogP contribution in [-0.4, -0.2) is 26.8 Å². The molecule has 0 amide bonds. The highest BCUT2D eigenvalue weighted by Gasteiger charge is 2.53. The molecule has 2 unspecified atom stereocenters. The van der Waals surface area contributed by atoms with Gasteiger partial charge in [0, 0.05) is 30.6 Å². The first-order valence-corrected chi connectivity index (χ1v) is 9.14. The Morgan fingerprint density at radius 3 is 2.50 bits per heavy atom. The van der Waals surface area contributed by atoms with E-state index in [1.165, 1.54) is 35.4 Å². The molecule has 0 aliphatic rings. The van der Waals surface area contributed by atoms with Crippen LogP contribution in [0.25, 0.3) is 0 Å². The Hall–Kier alpha value is -1.93. The summed E-state index contributed by atoms with van der Waals surface area (Å²) in [4.78, 5) is 15.8. The van der Waals surface area contributed by atoms with Gasteiger partial charge in [-0.25, -0.2) is 4.98 Å². The zero-order chi connectivity index (χ0) is 21.2. The number of halogens is 5. The van der Waals surface area contributed by atoms with Crippen LogP contribution >= 0.6 is 23.2 Å². The minimum absolute atomic E-state index is 0.0603. The maximum absolute atomic E-state index is 13.1. The van der Waals surface area contributed by atoms with Gasteiger partial charge in [-0.1, -0.05) is 19.9 Å². The maximum Gasteiger partial charge on any atom is 0.416 e. The van der Waals surface area contributed by atoms with Gasteiger partial charge in [0.25, 0.3) is 0 Å². The lowest BCUT2D eigenvalue weighted by atomic mass is 9.88. The molecule has 154 valence electrons. The number of imidazole rings is 1. The van der Waals surface area contributed by atoms with Gasteiger partial charge in [0.05, 0.1) is 5.56 Å². The zero-order valence-corrected chi connectivity index (χ0v) is 16.8. The second-order valence-corrected chi connectivity index (χ2v) is 7.51. The van der Waals surface area contributed by atoms with E-state index < -0.39 is 34.4 Å². The largest absolute Gasteiger partial charge is 0.434 e. The number of hydrogen-bond acceptors (Lipinski definition) is 4. The third kappa shape index (κ3) is 4.72. The summed E-state index contributed by atoms with van der Waals surface area (Å²) in [6, 6.07) is 4.19. The number of alkyl halides is 5. The van der Waals surface area contributed by atoms with Crippen molar-refractivity contribution in [1.29, 1.82) is 0 Å². The van der Waals surface area contributed by atoms with E-state index in [4.69, 9.17) is 32.7 Å². The van der Waals surface area contributed by atoms with Gasteiger partial charge in [0.2, 0.25) is 0 Å². The quantitative estimate of drug-likeness (QED) is 0.345. The van der Waals surface area contributed by atoms with Crippen molar-refractivity contribution in [2.24, 2.45) is 5.41 Å². The number of nitrogens with zero attached hydrogens (tertiary/aromatic N) is 2. The molecule has 1 heterocycles. The lowest BCUT2D eigenvalue weighted by molar-refractivity contribution is -0.245. The van der Waals surface area contributed by atoms with Crippen molar-refractivity contribution >= 4 is 29.2 Å². The van der Waals surface area contributed by atoms with Gasteiger partial charge < -0.3 is 9.47 Å². The van der Waals surface area contributed by atoms with Crippen molar-refractivity contribution in [3.8, 4) is 5.75 Å². The van der Waals surface area contributed by atoms with Crippen molar-refractivity contribution in [2.45, 2.75) is 38.2 Å². The molecular weight excluding hydrogens is 420 g/mol. The van der Waals surface area contributed by atoms with Crippen LogP contribution in [0, 0.1) is 5.41 Å². The van der Waals surface area contributed by atoms with Crippen LogP contribution < -0.4 is 4.74 Å². The first kappa shape index (κ1) is 22.4. The molecule has 0 aliphatic carbocycles. The minimum Gasteiger partial charge on any atom is -0.434 e. The van der Waals surface area contributed by atoms with E-state index in [0.29, 0.717) is 0 Å². The Balaban J connectivity index is 2.62. The molecule has 0 saturated carbocycles. The smallest absolute Gasteiger partial charge is 0.416 e. The summed E-state index contributed by atoms with van der Waals surface area (Å²) >= 11 is 12.7. The van der Waals surface area contributed by atoms with Crippen LogP contribution in [0.15, 0.2) is 43.0 Å². The van der Waals surface area contributed by atoms with Gasteiger partial charge in [-0.15, -0.1) is 23.2 Å². The van der Waals surface area contributed by atoms with Crippen LogP contribution in [0.5, 0.6) is 5.75 Å². The molecule has 0 spiro atoms. The number of carbonyl (C=O) groups excluding carboxylic acids is 1. The fourth-order valence-electron chi connectivity index (χ4n) is 2.48. The summed E-state index contributed by atoms with van der Waals surface area (Å²) in [5, 5.41) is -1.09. The molecule has 5 nitrogen and oxygen atoms in total. The number of benzene rings is 1. The standard InChI is InChI=1S/C18H19Cl2F3N2O3/c1-12(26)27-18(25-8-7-24-11-25,15(20)16(2,3)10-19)28-14-6-4-5-13(9-14)17(21,22)23/h4-9,11,15H,10H2,1-3H3.